The summed E-state index contributed by atoms with van der Waals surface area (Å²) in [4.78, 5) is 9.27. The molecule has 5 nitrogen and oxygen atoms in total. The number of aliphatic imine (C=N–C) groups is 1. The molecule has 3 rings (SSSR count). The molecule has 0 bridgehead atoms. The van der Waals surface area contributed by atoms with Gasteiger partial charge in [0.05, 0.1) is 12.6 Å². The molecule has 2 saturated heterocycles. The summed E-state index contributed by atoms with van der Waals surface area (Å²) in [7, 11) is 0. The van der Waals surface area contributed by atoms with Crippen molar-refractivity contribution in [2.24, 2.45) is 10.7 Å². The Labute approximate surface area is 145 Å². The van der Waals surface area contributed by atoms with Gasteiger partial charge in [-0.2, -0.15) is 0 Å². The topological polar surface area (TPSA) is 65.1 Å². The van der Waals surface area contributed by atoms with Crippen LogP contribution >= 0.6 is 0 Å². The van der Waals surface area contributed by atoms with Gasteiger partial charge < -0.3 is 15.7 Å². The van der Waals surface area contributed by atoms with E-state index in [2.05, 4.69) is 39.1 Å². The zero-order chi connectivity index (χ0) is 16.8. The Morgan fingerprint density at radius 3 is 2.42 bits per heavy atom. The molecule has 0 unspecified atom stereocenters. The van der Waals surface area contributed by atoms with E-state index in [0.717, 1.165) is 45.6 Å². The molecule has 0 spiro atoms. The standard InChI is InChI=1S/C19H30N4O/c20-19(23-10-4-1-5-11-23)21-14-16-6-2-3-7-17(16)15-22-12-8-18(24)9-13-22/h2-3,6-7,18,24H,1,4-5,8-15H2,(H2,20,21). The first-order valence-electron chi connectivity index (χ1n) is 9.24. The highest BCUT2D eigenvalue weighted by Gasteiger charge is 2.18. The molecule has 0 atom stereocenters. The summed E-state index contributed by atoms with van der Waals surface area (Å²) in [5, 5.41) is 9.65. The molecule has 1 aromatic carbocycles. The average Bonchev–Trinajstić information content (AvgIpc) is 2.63. The lowest BCUT2D eigenvalue weighted by Crippen LogP contribution is -2.40. The van der Waals surface area contributed by atoms with E-state index in [-0.39, 0.29) is 6.10 Å². The van der Waals surface area contributed by atoms with Crippen molar-refractivity contribution >= 4 is 5.96 Å². The lowest BCUT2D eigenvalue weighted by atomic mass is 10.0. The van der Waals surface area contributed by atoms with E-state index in [1.165, 1.54) is 30.4 Å². The zero-order valence-corrected chi connectivity index (χ0v) is 14.5. The van der Waals surface area contributed by atoms with Crippen LogP contribution in [0.4, 0.5) is 0 Å². The number of nitrogens with zero attached hydrogens (tertiary/aromatic N) is 3. The van der Waals surface area contributed by atoms with E-state index >= 15 is 0 Å². The number of aliphatic hydroxyl groups is 1. The number of guanidine groups is 1. The average molecular weight is 330 g/mol. The molecule has 2 heterocycles. The van der Waals surface area contributed by atoms with Crippen LogP contribution in [0.15, 0.2) is 29.3 Å². The molecule has 0 amide bonds. The number of nitrogens with two attached hydrogens (primary N) is 1. The molecule has 5 heteroatoms. The Bertz CT molecular complexity index is 546. The fourth-order valence-electron chi connectivity index (χ4n) is 3.57. The van der Waals surface area contributed by atoms with Crippen LogP contribution in [-0.2, 0) is 13.1 Å². The van der Waals surface area contributed by atoms with Crippen molar-refractivity contribution in [2.75, 3.05) is 26.2 Å². The van der Waals surface area contributed by atoms with Crippen LogP contribution in [0.25, 0.3) is 0 Å². The largest absolute Gasteiger partial charge is 0.393 e. The van der Waals surface area contributed by atoms with Crippen molar-refractivity contribution in [3.63, 3.8) is 0 Å². The van der Waals surface area contributed by atoms with Gasteiger partial charge in [-0.3, -0.25) is 4.90 Å². The highest BCUT2D eigenvalue weighted by Crippen LogP contribution is 2.17. The normalized spacial score (nSPS) is 21.2. The second-order valence-corrected chi connectivity index (χ2v) is 7.00. The fourth-order valence-corrected chi connectivity index (χ4v) is 3.57. The van der Waals surface area contributed by atoms with Gasteiger partial charge in [0, 0.05) is 32.7 Å². The lowest BCUT2D eigenvalue weighted by molar-refractivity contribution is 0.0791. The number of rotatable bonds is 4. The van der Waals surface area contributed by atoms with Crippen molar-refractivity contribution < 1.29 is 5.11 Å². The SMILES string of the molecule is NC(=NCc1ccccc1CN1CCC(O)CC1)N1CCCCC1. The maximum Gasteiger partial charge on any atom is 0.191 e. The van der Waals surface area contributed by atoms with Crippen molar-refractivity contribution in [3.05, 3.63) is 35.4 Å². The predicted molar refractivity (Wildman–Crippen MR) is 97.7 cm³/mol. The first kappa shape index (κ1) is 17.2. The minimum atomic E-state index is -0.120. The summed E-state index contributed by atoms with van der Waals surface area (Å²) in [6.45, 7) is 5.58. The molecule has 2 fully saturated rings. The van der Waals surface area contributed by atoms with Crippen LogP contribution in [-0.4, -0.2) is 53.1 Å². The first-order chi connectivity index (χ1) is 11.7. The van der Waals surface area contributed by atoms with Crippen molar-refractivity contribution in [1.29, 1.82) is 0 Å². The van der Waals surface area contributed by atoms with E-state index < -0.39 is 0 Å². The molecule has 1 aromatic rings. The molecular formula is C19H30N4O. The van der Waals surface area contributed by atoms with Crippen LogP contribution < -0.4 is 5.73 Å². The maximum absolute atomic E-state index is 9.65. The van der Waals surface area contributed by atoms with Gasteiger partial charge in [0.2, 0.25) is 0 Å². The van der Waals surface area contributed by atoms with Gasteiger partial charge in [0.1, 0.15) is 0 Å². The van der Waals surface area contributed by atoms with Crippen molar-refractivity contribution in [3.8, 4) is 0 Å². The van der Waals surface area contributed by atoms with Gasteiger partial charge in [-0.1, -0.05) is 24.3 Å². The Morgan fingerprint density at radius 2 is 1.71 bits per heavy atom. The molecule has 0 radical (unpaired) electrons. The van der Waals surface area contributed by atoms with Gasteiger partial charge in [0.25, 0.3) is 0 Å². The Balaban J connectivity index is 1.61. The third kappa shape index (κ3) is 4.71. The van der Waals surface area contributed by atoms with E-state index in [0.29, 0.717) is 12.5 Å². The third-order valence-electron chi connectivity index (χ3n) is 5.16. The Kier molecular flexibility index (Phi) is 6.10. The number of hydrogen-bond acceptors (Lipinski definition) is 3. The minimum Gasteiger partial charge on any atom is -0.393 e. The lowest BCUT2D eigenvalue weighted by Gasteiger charge is -2.30. The maximum atomic E-state index is 9.65. The van der Waals surface area contributed by atoms with Crippen LogP contribution in [0.3, 0.4) is 0 Å². The van der Waals surface area contributed by atoms with E-state index in [9.17, 15) is 5.11 Å². The van der Waals surface area contributed by atoms with Crippen LogP contribution in [0.1, 0.15) is 43.2 Å². The zero-order valence-electron chi connectivity index (χ0n) is 14.5. The predicted octanol–water partition coefficient (Wildman–Crippen LogP) is 1.94. The quantitative estimate of drug-likeness (QED) is 0.654. The highest BCUT2D eigenvalue weighted by molar-refractivity contribution is 5.78. The fraction of sp³-hybridized carbons (Fsp3) is 0.632. The summed E-state index contributed by atoms with van der Waals surface area (Å²) in [5.74, 6) is 0.686. The smallest absolute Gasteiger partial charge is 0.191 e. The number of aliphatic hydroxyl groups excluding tert-OH is 1. The van der Waals surface area contributed by atoms with Crippen molar-refractivity contribution in [1.82, 2.24) is 9.80 Å². The third-order valence-corrected chi connectivity index (χ3v) is 5.16. The number of hydrogen-bond donors (Lipinski definition) is 2. The minimum absolute atomic E-state index is 0.120. The number of benzene rings is 1. The molecule has 132 valence electrons. The van der Waals surface area contributed by atoms with Gasteiger partial charge in [-0.05, 0) is 43.2 Å². The van der Waals surface area contributed by atoms with Crippen molar-refractivity contribution in [2.45, 2.75) is 51.3 Å². The van der Waals surface area contributed by atoms with E-state index in [1.54, 1.807) is 0 Å². The van der Waals surface area contributed by atoms with E-state index in [4.69, 9.17) is 5.73 Å². The molecular weight excluding hydrogens is 300 g/mol. The Morgan fingerprint density at radius 1 is 1.04 bits per heavy atom. The van der Waals surface area contributed by atoms with Gasteiger partial charge >= 0.3 is 0 Å². The highest BCUT2D eigenvalue weighted by atomic mass is 16.3. The van der Waals surface area contributed by atoms with Crippen LogP contribution in [0.5, 0.6) is 0 Å². The molecule has 0 aromatic heterocycles. The molecule has 2 aliphatic rings. The molecule has 0 aliphatic carbocycles. The van der Waals surface area contributed by atoms with Gasteiger partial charge in [-0.25, -0.2) is 4.99 Å². The Hall–Kier alpha value is -1.59. The summed E-state index contributed by atoms with van der Waals surface area (Å²) in [5.41, 5.74) is 8.76. The monoisotopic (exact) mass is 330 g/mol. The van der Waals surface area contributed by atoms with E-state index in [1.807, 2.05) is 0 Å². The summed E-state index contributed by atoms with van der Waals surface area (Å²) in [6, 6.07) is 8.51. The summed E-state index contributed by atoms with van der Waals surface area (Å²) in [6.07, 6.45) is 5.37. The van der Waals surface area contributed by atoms with Gasteiger partial charge in [-0.15, -0.1) is 0 Å². The molecule has 0 saturated carbocycles. The van der Waals surface area contributed by atoms with Crippen LogP contribution in [0, 0.1) is 0 Å². The number of piperidine rings is 2. The van der Waals surface area contributed by atoms with Gasteiger partial charge in [0.15, 0.2) is 5.96 Å². The molecule has 24 heavy (non-hydrogen) atoms. The second kappa shape index (κ2) is 8.49. The molecule has 2 aliphatic heterocycles. The second-order valence-electron chi connectivity index (χ2n) is 7.00. The summed E-state index contributed by atoms with van der Waals surface area (Å²) >= 11 is 0. The molecule has 3 N–H and O–H groups in total. The number of likely N-dealkylation sites (tertiary alicyclic amines) is 2. The summed E-state index contributed by atoms with van der Waals surface area (Å²) < 4.78 is 0. The van der Waals surface area contributed by atoms with Crippen LogP contribution in [0.2, 0.25) is 0 Å². The first-order valence-corrected chi connectivity index (χ1v) is 9.24.